The fourth-order valence-corrected chi connectivity index (χ4v) is 5.71. The Hall–Kier alpha value is -2.72. The molecule has 2 aliphatic heterocycles. The molecule has 2 amide bonds. The number of aliphatic hydroxyl groups is 1. The molecular weight excluding hydrogens is 504 g/mol. The van der Waals surface area contributed by atoms with E-state index in [0.29, 0.717) is 55.3 Å². The fraction of sp³-hybridized carbons (Fsp3) is 0.577. The molecule has 3 heterocycles. The second kappa shape index (κ2) is 10.6. The minimum Gasteiger partial charge on any atom is -0.390 e. The van der Waals surface area contributed by atoms with Crippen molar-refractivity contribution in [1.29, 1.82) is 0 Å². The Morgan fingerprint density at radius 3 is 2.59 bits per heavy atom. The number of halogens is 3. The Balaban J connectivity index is 1.29. The molecule has 2 aromatic rings. The predicted molar refractivity (Wildman–Crippen MR) is 136 cm³/mol. The molecule has 2 fully saturated rings. The lowest BCUT2D eigenvalue weighted by Gasteiger charge is -2.37. The van der Waals surface area contributed by atoms with Crippen LogP contribution >= 0.6 is 11.6 Å². The van der Waals surface area contributed by atoms with Gasteiger partial charge in [0.1, 0.15) is 18.9 Å². The summed E-state index contributed by atoms with van der Waals surface area (Å²) in [4.78, 5) is 31.8. The molecule has 11 heteroatoms. The maximum Gasteiger partial charge on any atom is 0.274 e. The Bertz CT molecular complexity index is 1180. The summed E-state index contributed by atoms with van der Waals surface area (Å²) in [6.45, 7) is 4.35. The number of piperazine rings is 1. The number of amides is 2. The third-order valence-corrected chi connectivity index (χ3v) is 8.19. The molecule has 1 aromatic heterocycles. The summed E-state index contributed by atoms with van der Waals surface area (Å²) in [6, 6.07) is 5.81. The monoisotopic (exact) mass is 535 g/mol. The Labute approximate surface area is 219 Å². The number of hydrogen-bond acceptors (Lipinski definition) is 5. The number of likely N-dealkylation sites (tertiary alicyclic amines) is 1. The van der Waals surface area contributed by atoms with Gasteiger partial charge in [0.05, 0.1) is 12.6 Å². The molecule has 1 N–H and O–H groups in total. The number of anilines is 1. The molecule has 2 saturated heterocycles. The summed E-state index contributed by atoms with van der Waals surface area (Å²) in [5, 5.41) is 14.9. The lowest BCUT2D eigenvalue weighted by atomic mass is 9.93. The van der Waals surface area contributed by atoms with Crippen molar-refractivity contribution in [3.63, 3.8) is 0 Å². The normalized spacial score (nSPS) is 24.2. The van der Waals surface area contributed by atoms with E-state index < -0.39 is 24.4 Å². The molecule has 1 aliphatic carbocycles. The first-order valence-corrected chi connectivity index (χ1v) is 13.2. The number of benzene rings is 1. The highest BCUT2D eigenvalue weighted by Crippen LogP contribution is 2.29. The number of alkyl halides is 2. The van der Waals surface area contributed by atoms with Crippen molar-refractivity contribution in [2.45, 2.75) is 57.6 Å². The van der Waals surface area contributed by atoms with Crippen LogP contribution in [0.25, 0.3) is 0 Å². The Kier molecular flexibility index (Phi) is 7.40. The maximum atomic E-state index is 14.3. The first-order chi connectivity index (χ1) is 17.7. The van der Waals surface area contributed by atoms with E-state index in [2.05, 4.69) is 10.00 Å². The van der Waals surface area contributed by atoms with Gasteiger partial charge in [-0.2, -0.15) is 5.10 Å². The summed E-state index contributed by atoms with van der Waals surface area (Å²) in [7, 11) is 0. The summed E-state index contributed by atoms with van der Waals surface area (Å²) in [6.07, 6.45) is -2.82. The van der Waals surface area contributed by atoms with E-state index in [9.17, 15) is 23.5 Å². The number of hydrogen-bond donors (Lipinski definition) is 1. The number of aliphatic hydroxyl groups excluding tert-OH is 1. The Morgan fingerprint density at radius 1 is 1.11 bits per heavy atom. The van der Waals surface area contributed by atoms with Crippen molar-refractivity contribution in [3.05, 3.63) is 45.7 Å². The number of fused-ring (bicyclic) bond motifs is 1. The average Bonchev–Trinajstić information content (AvgIpc) is 3.24. The second-order valence-electron chi connectivity index (χ2n) is 10.1. The highest BCUT2D eigenvalue weighted by atomic mass is 35.5. The van der Waals surface area contributed by atoms with E-state index in [0.717, 1.165) is 11.3 Å². The van der Waals surface area contributed by atoms with Crippen LogP contribution in [0.2, 0.25) is 5.02 Å². The third-order valence-electron chi connectivity index (χ3n) is 7.78. The molecule has 37 heavy (non-hydrogen) atoms. The predicted octanol–water partition coefficient (Wildman–Crippen LogP) is 2.57. The summed E-state index contributed by atoms with van der Waals surface area (Å²) in [5.41, 5.74) is 3.38. The van der Waals surface area contributed by atoms with Gasteiger partial charge in [0.15, 0.2) is 5.69 Å². The van der Waals surface area contributed by atoms with Gasteiger partial charge in [-0.25, -0.2) is 8.78 Å². The summed E-state index contributed by atoms with van der Waals surface area (Å²) < 4.78 is 29.9. The minimum atomic E-state index is -1.53. The van der Waals surface area contributed by atoms with Crippen LogP contribution in [0.1, 0.15) is 40.2 Å². The quantitative estimate of drug-likeness (QED) is 0.651. The zero-order valence-corrected chi connectivity index (χ0v) is 21.6. The number of aromatic nitrogens is 2. The van der Waals surface area contributed by atoms with E-state index in [1.165, 1.54) is 9.58 Å². The van der Waals surface area contributed by atoms with Crippen LogP contribution in [0.4, 0.5) is 14.5 Å². The van der Waals surface area contributed by atoms with Crippen LogP contribution in [0, 0.1) is 6.92 Å². The lowest BCUT2D eigenvalue weighted by Crippen LogP contribution is -2.50. The van der Waals surface area contributed by atoms with Gasteiger partial charge in [-0.3, -0.25) is 14.3 Å². The molecule has 5 rings (SSSR count). The molecule has 0 spiro atoms. The van der Waals surface area contributed by atoms with Crippen LogP contribution < -0.4 is 4.90 Å². The summed E-state index contributed by atoms with van der Waals surface area (Å²) >= 11 is 6.28. The van der Waals surface area contributed by atoms with Gasteiger partial charge in [0.2, 0.25) is 5.91 Å². The van der Waals surface area contributed by atoms with Crippen molar-refractivity contribution in [3.8, 4) is 0 Å². The van der Waals surface area contributed by atoms with E-state index >= 15 is 0 Å². The zero-order chi connectivity index (χ0) is 26.3. The highest BCUT2D eigenvalue weighted by Gasteiger charge is 2.36. The molecule has 200 valence electrons. The molecule has 0 bridgehead atoms. The first-order valence-electron chi connectivity index (χ1n) is 12.8. The third kappa shape index (κ3) is 5.18. The molecule has 1 aromatic carbocycles. The maximum absolute atomic E-state index is 14.3. The molecule has 3 aliphatic rings. The van der Waals surface area contributed by atoms with Gasteiger partial charge in [-0.05, 0) is 43.9 Å². The van der Waals surface area contributed by atoms with Crippen molar-refractivity contribution < 1.29 is 23.5 Å². The fourth-order valence-electron chi connectivity index (χ4n) is 5.54. The van der Waals surface area contributed by atoms with Crippen LogP contribution in [-0.2, 0) is 24.2 Å². The number of nitrogens with zero attached hydrogens (tertiary/aromatic N) is 5. The average molecular weight is 536 g/mol. The SMILES string of the molecule is Cc1c(Cl)cccc1N1CCN(C(=O)Cn2nc(C(=O)N3CC[C@H](O)[C@H](F)C3)c3c2CCC(F)C3)CC1. The molecule has 0 saturated carbocycles. The van der Waals surface area contributed by atoms with Gasteiger partial charge in [-0.1, -0.05) is 17.7 Å². The van der Waals surface area contributed by atoms with E-state index in [4.69, 9.17) is 11.6 Å². The van der Waals surface area contributed by atoms with E-state index in [1.54, 1.807) is 4.90 Å². The van der Waals surface area contributed by atoms with Gasteiger partial charge in [0.25, 0.3) is 5.91 Å². The summed E-state index contributed by atoms with van der Waals surface area (Å²) in [5.74, 6) is -0.587. The molecule has 8 nitrogen and oxygen atoms in total. The van der Waals surface area contributed by atoms with Crippen molar-refractivity contribution >= 4 is 29.1 Å². The number of carbonyl (C=O) groups excluding carboxylic acids is 2. The largest absolute Gasteiger partial charge is 0.390 e. The van der Waals surface area contributed by atoms with Gasteiger partial charge in [-0.15, -0.1) is 0 Å². The van der Waals surface area contributed by atoms with Gasteiger partial charge >= 0.3 is 0 Å². The second-order valence-corrected chi connectivity index (χ2v) is 10.6. The van der Waals surface area contributed by atoms with Gasteiger partial charge < -0.3 is 19.8 Å². The van der Waals surface area contributed by atoms with Crippen molar-refractivity contribution in [1.82, 2.24) is 19.6 Å². The van der Waals surface area contributed by atoms with Crippen LogP contribution in [0.5, 0.6) is 0 Å². The van der Waals surface area contributed by atoms with Crippen molar-refractivity contribution in [2.24, 2.45) is 0 Å². The highest BCUT2D eigenvalue weighted by molar-refractivity contribution is 6.31. The first kappa shape index (κ1) is 25.9. The van der Waals surface area contributed by atoms with Crippen LogP contribution in [-0.4, -0.2) is 94.2 Å². The van der Waals surface area contributed by atoms with E-state index in [-0.39, 0.29) is 44.1 Å². The Morgan fingerprint density at radius 2 is 1.86 bits per heavy atom. The van der Waals surface area contributed by atoms with Gasteiger partial charge in [0, 0.05) is 61.1 Å². The molecule has 1 unspecified atom stereocenters. The number of carbonyl (C=O) groups is 2. The number of rotatable bonds is 4. The molecule has 3 atom stereocenters. The molecule has 0 radical (unpaired) electrons. The van der Waals surface area contributed by atoms with Crippen molar-refractivity contribution in [2.75, 3.05) is 44.2 Å². The topological polar surface area (TPSA) is 81.9 Å². The smallest absolute Gasteiger partial charge is 0.274 e. The minimum absolute atomic E-state index is 0.0345. The molecular formula is C26H32ClF2N5O3. The zero-order valence-electron chi connectivity index (χ0n) is 20.9. The lowest BCUT2D eigenvalue weighted by molar-refractivity contribution is -0.132. The van der Waals surface area contributed by atoms with Crippen LogP contribution in [0.3, 0.4) is 0 Å². The van der Waals surface area contributed by atoms with Crippen LogP contribution in [0.15, 0.2) is 18.2 Å². The standard InChI is InChI=1S/C26H32ClF2N5O3/c1-16-19(27)3-2-4-21(16)31-9-11-32(12-10-31)24(36)15-34-22-6-5-17(28)13-18(22)25(30-34)26(37)33-8-7-23(35)20(29)14-33/h2-4,17,20,23,35H,5-15H2,1H3/t17?,20-,23+/m1/s1. The number of piperidine rings is 1. The van der Waals surface area contributed by atoms with E-state index in [1.807, 2.05) is 25.1 Å².